The van der Waals surface area contributed by atoms with E-state index in [9.17, 15) is 9.18 Å². The van der Waals surface area contributed by atoms with Crippen molar-refractivity contribution >= 4 is 16.9 Å². The zero-order valence-corrected chi connectivity index (χ0v) is 14.6. The Balaban J connectivity index is 1.63. The molecule has 8 heteroatoms. The summed E-state index contributed by atoms with van der Waals surface area (Å²) in [7, 11) is 1.80. The van der Waals surface area contributed by atoms with Crippen LogP contribution in [-0.4, -0.2) is 30.5 Å². The Morgan fingerprint density at radius 2 is 1.96 bits per heavy atom. The maximum absolute atomic E-state index is 14.4. The van der Waals surface area contributed by atoms with E-state index in [4.69, 9.17) is 0 Å². The summed E-state index contributed by atoms with van der Waals surface area (Å²) in [4.78, 5) is 17.0. The van der Waals surface area contributed by atoms with Gasteiger partial charge in [-0.05, 0) is 18.2 Å². The molecule has 0 aliphatic carbocycles. The summed E-state index contributed by atoms with van der Waals surface area (Å²) in [6.45, 7) is -0.0319. The highest BCUT2D eigenvalue weighted by atomic mass is 19.1. The van der Waals surface area contributed by atoms with Gasteiger partial charge in [0.15, 0.2) is 0 Å². The van der Waals surface area contributed by atoms with Gasteiger partial charge in [0.25, 0.3) is 0 Å². The van der Waals surface area contributed by atoms with E-state index in [1.165, 1.54) is 10.7 Å². The standard InChI is InChI=1S/C19H17FN6O/c1-25-11-10-21-19(25)18(13-6-2-3-7-14(13)20)22-17(27)12-26-16-9-5-4-8-15(16)23-24-26/h2-11,18H,12H2,1H3,(H,22,27)/t18-/m1/s1. The highest BCUT2D eigenvalue weighted by Gasteiger charge is 2.24. The number of imidazole rings is 1. The van der Waals surface area contributed by atoms with Gasteiger partial charge in [-0.3, -0.25) is 4.79 Å². The summed E-state index contributed by atoms with van der Waals surface area (Å²) < 4.78 is 17.7. The first-order valence-corrected chi connectivity index (χ1v) is 8.42. The van der Waals surface area contributed by atoms with Crippen LogP contribution in [0.25, 0.3) is 11.0 Å². The van der Waals surface area contributed by atoms with Crippen LogP contribution in [0.5, 0.6) is 0 Å². The van der Waals surface area contributed by atoms with Crippen LogP contribution in [0.4, 0.5) is 4.39 Å². The van der Waals surface area contributed by atoms with Crippen molar-refractivity contribution in [2.75, 3.05) is 0 Å². The lowest BCUT2D eigenvalue weighted by Gasteiger charge is -2.19. The first-order chi connectivity index (χ1) is 13.1. The van der Waals surface area contributed by atoms with Crippen molar-refractivity contribution in [1.29, 1.82) is 0 Å². The fourth-order valence-electron chi connectivity index (χ4n) is 3.02. The second-order valence-electron chi connectivity index (χ2n) is 6.15. The molecule has 0 fully saturated rings. The number of amides is 1. The van der Waals surface area contributed by atoms with Crippen LogP contribution in [0.1, 0.15) is 17.4 Å². The van der Waals surface area contributed by atoms with Crippen molar-refractivity contribution in [2.24, 2.45) is 7.05 Å². The van der Waals surface area contributed by atoms with Gasteiger partial charge in [-0.15, -0.1) is 5.10 Å². The van der Waals surface area contributed by atoms with Gasteiger partial charge in [0.1, 0.15) is 29.7 Å². The molecule has 1 amide bonds. The van der Waals surface area contributed by atoms with E-state index in [1.807, 2.05) is 24.3 Å². The van der Waals surface area contributed by atoms with Gasteiger partial charge in [0.05, 0.1) is 5.52 Å². The van der Waals surface area contributed by atoms with Crippen molar-refractivity contribution in [3.05, 3.63) is 78.1 Å². The molecule has 0 unspecified atom stereocenters. The lowest BCUT2D eigenvalue weighted by molar-refractivity contribution is -0.122. The minimum Gasteiger partial charge on any atom is -0.340 e. The first-order valence-electron chi connectivity index (χ1n) is 8.42. The summed E-state index contributed by atoms with van der Waals surface area (Å²) >= 11 is 0. The second kappa shape index (κ2) is 6.99. The number of para-hydroxylation sites is 1. The summed E-state index contributed by atoms with van der Waals surface area (Å²) in [5.41, 5.74) is 1.82. The van der Waals surface area contributed by atoms with Crippen molar-refractivity contribution in [3.8, 4) is 0 Å². The van der Waals surface area contributed by atoms with E-state index in [2.05, 4.69) is 20.6 Å². The highest BCUT2D eigenvalue weighted by molar-refractivity contribution is 5.80. The largest absolute Gasteiger partial charge is 0.340 e. The lowest BCUT2D eigenvalue weighted by Crippen LogP contribution is -2.34. The molecule has 0 saturated carbocycles. The molecule has 4 rings (SSSR count). The molecular weight excluding hydrogens is 347 g/mol. The number of carbonyl (C=O) groups excluding carboxylic acids is 1. The Labute approximate surface area is 154 Å². The average molecular weight is 364 g/mol. The zero-order chi connectivity index (χ0) is 18.8. The third kappa shape index (κ3) is 3.29. The van der Waals surface area contributed by atoms with Gasteiger partial charge in [-0.1, -0.05) is 35.5 Å². The molecule has 1 atom stereocenters. The van der Waals surface area contributed by atoms with E-state index in [0.717, 1.165) is 5.52 Å². The smallest absolute Gasteiger partial charge is 0.242 e. The summed E-state index contributed by atoms with van der Waals surface area (Å²) in [5, 5.41) is 10.9. The van der Waals surface area contributed by atoms with Gasteiger partial charge in [0, 0.05) is 25.0 Å². The van der Waals surface area contributed by atoms with Crippen molar-refractivity contribution < 1.29 is 9.18 Å². The van der Waals surface area contributed by atoms with Crippen LogP contribution in [0, 0.1) is 5.82 Å². The molecular formula is C19H17FN6O. The van der Waals surface area contributed by atoms with E-state index in [-0.39, 0.29) is 12.5 Å². The van der Waals surface area contributed by atoms with Gasteiger partial charge >= 0.3 is 0 Å². The molecule has 0 radical (unpaired) electrons. The number of hydrogen-bond donors (Lipinski definition) is 1. The van der Waals surface area contributed by atoms with Crippen LogP contribution in [0.15, 0.2) is 60.9 Å². The number of nitrogens with zero attached hydrogens (tertiary/aromatic N) is 5. The molecule has 0 aliphatic heterocycles. The Bertz CT molecular complexity index is 1100. The molecule has 0 bridgehead atoms. The van der Waals surface area contributed by atoms with E-state index in [1.54, 1.807) is 42.2 Å². The Kier molecular flexibility index (Phi) is 4.37. The number of halogens is 1. The normalized spacial score (nSPS) is 12.2. The molecule has 4 aromatic rings. The molecule has 27 heavy (non-hydrogen) atoms. The minimum absolute atomic E-state index is 0.0319. The Hall–Kier alpha value is -3.55. The number of benzene rings is 2. The number of carbonyl (C=O) groups is 1. The minimum atomic E-state index is -0.714. The molecule has 0 saturated heterocycles. The Morgan fingerprint density at radius 1 is 1.19 bits per heavy atom. The predicted octanol–water partition coefficient (Wildman–Crippen LogP) is 2.21. The summed E-state index contributed by atoms with van der Waals surface area (Å²) in [6.07, 6.45) is 3.36. The van der Waals surface area contributed by atoms with Crippen LogP contribution < -0.4 is 5.32 Å². The third-order valence-corrected chi connectivity index (χ3v) is 4.35. The van der Waals surface area contributed by atoms with E-state index < -0.39 is 11.9 Å². The molecule has 1 N–H and O–H groups in total. The van der Waals surface area contributed by atoms with Gasteiger partial charge in [-0.2, -0.15) is 0 Å². The average Bonchev–Trinajstić information content (AvgIpc) is 3.27. The molecule has 0 spiro atoms. The number of aromatic nitrogens is 5. The molecule has 7 nitrogen and oxygen atoms in total. The predicted molar refractivity (Wildman–Crippen MR) is 97.1 cm³/mol. The summed E-state index contributed by atoms with van der Waals surface area (Å²) in [6, 6.07) is 13.0. The lowest BCUT2D eigenvalue weighted by atomic mass is 10.1. The topological polar surface area (TPSA) is 77.6 Å². The summed E-state index contributed by atoms with van der Waals surface area (Å²) in [5.74, 6) is -0.184. The maximum Gasteiger partial charge on any atom is 0.242 e. The maximum atomic E-state index is 14.4. The van der Waals surface area contributed by atoms with Crippen LogP contribution in [0.3, 0.4) is 0 Å². The number of aryl methyl sites for hydroxylation is 1. The number of rotatable bonds is 5. The second-order valence-corrected chi connectivity index (χ2v) is 6.15. The van der Waals surface area contributed by atoms with E-state index >= 15 is 0 Å². The van der Waals surface area contributed by atoms with Crippen molar-refractivity contribution in [2.45, 2.75) is 12.6 Å². The molecule has 136 valence electrons. The highest BCUT2D eigenvalue weighted by Crippen LogP contribution is 2.23. The van der Waals surface area contributed by atoms with Crippen LogP contribution in [-0.2, 0) is 18.4 Å². The fourth-order valence-corrected chi connectivity index (χ4v) is 3.02. The first kappa shape index (κ1) is 16.9. The van der Waals surface area contributed by atoms with Crippen LogP contribution in [0.2, 0.25) is 0 Å². The quantitative estimate of drug-likeness (QED) is 0.589. The fraction of sp³-hybridized carbons (Fsp3) is 0.158. The Morgan fingerprint density at radius 3 is 2.74 bits per heavy atom. The van der Waals surface area contributed by atoms with Crippen LogP contribution >= 0.6 is 0 Å². The molecule has 2 aromatic carbocycles. The monoisotopic (exact) mass is 364 g/mol. The molecule has 0 aliphatic rings. The SMILES string of the molecule is Cn1ccnc1[C@H](NC(=O)Cn1nnc2ccccc21)c1ccccc1F. The van der Waals surface area contributed by atoms with Gasteiger partial charge in [0.2, 0.25) is 5.91 Å². The third-order valence-electron chi connectivity index (χ3n) is 4.35. The van der Waals surface area contributed by atoms with Crippen molar-refractivity contribution in [1.82, 2.24) is 29.9 Å². The molecule has 2 heterocycles. The number of fused-ring (bicyclic) bond motifs is 1. The molecule has 2 aromatic heterocycles. The number of hydrogen-bond acceptors (Lipinski definition) is 4. The number of nitrogens with one attached hydrogen (secondary N) is 1. The zero-order valence-electron chi connectivity index (χ0n) is 14.6. The van der Waals surface area contributed by atoms with Crippen molar-refractivity contribution in [3.63, 3.8) is 0 Å². The van der Waals surface area contributed by atoms with Gasteiger partial charge < -0.3 is 9.88 Å². The van der Waals surface area contributed by atoms with Gasteiger partial charge in [-0.25, -0.2) is 14.1 Å². The van der Waals surface area contributed by atoms with E-state index in [0.29, 0.717) is 16.9 Å².